The molecule has 1 aromatic heterocycles. The second-order valence-corrected chi connectivity index (χ2v) is 8.85. The van der Waals surface area contributed by atoms with Gasteiger partial charge in [0, 0.05) is 38.3 Å². The highest BCUT2D eigenvalue weighted by Gasteiger charge is 2.39. The zero-order valence-electron chi connectivity index (χ0n) is 13.2. The molecule has 1 saturated heterocycles. The molecule has 1 aliphatic heterocycles. The molecule has 2 heterocycles. The average molecular weight is 326 g/mol. The largest absolute Gasteiger partial charge is 0.340 e. The second-order valence-electron chi connectivity index (χ2n) is 6.83. The number of rotatable bonds is 4. The molecule has 0 amide bonds. The summed E-state index contributed by atoms with van der Waals surface area (Å²) in [6.07, 6.45) is 9.33. The maximum Gasteiger partial charge on any atom is 0.214 e. The van der Waals surface area contributed by atoms with Crippen molar-refractivity contribution in [2.24, 2.45) is 18.7 Å². The molecule has 7 heteroatoms. The first-order valence-corrected chi connectivity index (χ1v) is 9.78. The topological polar surface area (TPSA) is 81.2 Å². The number of nitrogens with zero attached hydrogens (tertiary/aromatic N) is 3. The van der Waals surface area contributed by atoms with Crippen LogP contribution in [0.2, 0.25) is 0 Å². The summed E-state index contributed by atoms with van der Waals surface area (Å²) in [4.78, 5) is 4.34. The van der Waals surface area contributed by atoms with Gasteiger partial charge in [-0.05, 0) is 18.8 Å². The minimum atomic E-state index is -3.21. The summed E-state index contributed by atoms with van der Waals surface area (Å²) < 4.78 is 28.8. The van der Waals surface area contributed by atoms with Crippen LogP contribution < -0.4 is 5.73 Å². The molecule has 2 atom stereocenters. The van der Waals surface area contributed by atoms with Gasteiger partial charge in [0.05, 0.1) is 17.8 Å². The van der Waals surface area contributed by atoms with Gasteiger partial charge in [-0.15, -0.1) is 0 Å². The van der Waals surface area contributed by atoms with Crippen molar-refractivity contribution in [2.45, 2.75) is 44.1 Å². The highest BCUT2D eigenvalue weighted by molar-refractivity contribution is 7.89. The van der Waals surface area contributed by atoms with Crippen LogP contribution in [0.3, 0.4) is 0 Å². The zero-order valence-corrected chi connectivity index (χ0v) is 14.0. The number of aryl methyl sites for hydroxylation is 1. The molecule has 2 fully saturated rings. The van der Waals surface area contributed by atoms with E-state index in [9.17, 15) is 8.42 Å². The molecule has 1 aliphatic carbocycles. The molecule has 3 rings (SSSR count). The summed E-state index contributed by atoms with van der Waals surface area (Å²) in [5, 5.41) is 0. The van der Waals surface area contributed by atoms with E-state index in [1.54, 1.807) is 10.6 Å². The van der Waals surface area contributed by atoms with Gasteiger partial charge in [-0.25, -0.2) is 13.4 Å². The number of hydrogen-bond acceptors (Lipinski definition) is 4. The molecule has 2 N–H and O–H groups in total. The van der Waals surface area contributed by atoms with Gasteiger partial charge in [-0.2, -0.15) is 4.31 Å². The molecule has 0 radical (unpaired) electrons. The fraction of sp³-hybridized carbons (Fsp3) is 0.800. The third-order valence-corrected chi connectivity index (χ3v) is 6.98. The monoisotopic (exact) mass is 326 g/mol. The summed E-state index contributed by atoms with van der Waals surface area (Å²) in [6.45, 7) is 0.878. The molecule has 0 spiro atoms. The Hall–Kier alpha value is -0.920. The van der Waals surface area contributed by atoms with E-state index >= 15 is 0 Å². The van der Waals surface area contributed by atoms with Crippen LogP contribution in [0.15, 0.2) is 12.5 Å². The Morgan fingerprint density at radius 1 is 1.27 bits per heavy atom. The third kappa shape index (κ3) is 3.36. The predicted octanol–water partition coefficient (Wildman–Crippen LogP) is 1.06. The number of aromatic nitrogens is 2. The van der Waals surface area contributed by atoms with Gasteiger partial charge < -0.3 is 10.3 Å². The van der Waals surface area contributed by atoms with Gasteiger partial charge in [0.15, 0.2) is 0 Å². The van der Waals surface area contributed by atoms with Crippen LogP contribution in [0.1, 0.15) is 43.7 Å². The van der Waals surface area contributed by atoms with Crippen molar-refractivity contribution in [1.29, 1.82) is 0 Å². The Kier molecular flexibility index (Phi) is 4.56. The number of sulfonamides is 1. The van der Waals surface area contributed by atoms with Crippen molar-refractivity contribution in [3.63, 3.8) is 0 Å². The SMILES string of the molecule is Cn1cnc([C@@H]2CN(S(=O)(=O)CC3CCCCC3)C[C@H]2N)c1. The molecule has 2 aliphatic rings. The Labute approximate surface area is 132 Å². The van der Waals surface area contributed by atoms with Gasteiger partial charge in [0.25, 0.3) is 0 Å². The number of imidazole rings is 1. The number of nitrogens with two attached hydrogens (primary N) is 1. The third-order valence-electron chi connectivity index (χ3n) is 5.00. The molecule has 1 saturated carbocycles. The van der Waals surface area contributed by atoms with Crippen molar-refractivity contribution in [3.8, 4) is 0 Å². The van der Waals surface area contributed by atoms with E-state index in [-0.39, 0.29) is 17.7 Å². The maximum atomic E-state index is 12.7. The van der Waals surface area contributed by atoms with Crippen LogP contribution in [0.4, 0.5) is 0 Å². The van der Waals surface area contributed by atoms with Gasteiger partial charge in [-0.3, -0.25) is 0 Å². The lowest BCUT2D eigenvalue weighted by Gasteiger charge is -2.24. The minimum Gasteiger partial charge on any atom is -0.340 e. The Morgan fingerprint density at radius 3 is 2.64 bits per heavy atom. The highest BCUT2D eigenvalue weighted by Crippen LogP contribution is 2.30. The summed E-state index contributed by atoms with van der Waals surface area (Å²) in [7, 11) is -1.30. The first-order valence-electron chi connectivity index (χ1n) is 8.17. The molecule has 124 valence electrons. The Balaban J connectivity index is 1.67. The van der Waals surface area contributed by atoms with Gasteiger partial charge in [0.1, 0.15) is 0 Å². The number of hydrogen-bond donors (Lipinski definition) is 1. The standard InChI is InChI=1S/C15H26N4O2S/c1-18-9-15(17-11-18)13-7-19(8-14(13)16)22(20,21)10-12-5-3-2-4-6-12/h9,11-14H,2-8,10,16H2,1H3/t13-,14-/m1/s1. The van der Waals surface area contributed by atoms with Gasteiger partial charge >= 0.3 is 0 Å². The van der Waals surface area contributed by atoms with E-state index in [0.717, 1.165) is 31.4 Å². The predicted molar refractivity (Wildman–Crippen MR) is 85.9 cm³/mol. The van der Waals surface area contributed by atoms with Crippen LogP contribution >= 0.6 is 0 Å². The normalized spacial score (nSPS) is 28.3. The van der Waals surface area contributed by atoms with Crippen molar-refractivity contribution in [2.75, 3.05) is 18.8 Å². The van der Waals surface area contributed by atoms with E-state index in [4.69, 9.17) is 5.73 Å². The molecule has 0 bridgehead atoms. The van der Waals surface area contributed by atoms with E-state index < -0.39 is 10.0 Å². The molecule has 0 aromatic carbocycles. The molecular formula is C15H26N4O2S. The molecular weight excluding hydrogens is 300 g/mol. The highest BCUT2D eigenvalue weighted by atomic mass is 32.2. The fourth-order valence-electron chi connectivity index (χ4n) is 3.71. The van der Waals surface area contributed by atoms with Crippen molar-refractivity contribution in [1.82, 2.24) is 13.9 Å². The lowest BCUT2D eigenvalue weighted by molar-refractivity contribution is 0.375. The van der Waals surface area contributed by atoms with E-state index in [1.165, 1.54) is 6.42 Å². The average Bonchev–Trinajstić information content (AvgIpc) is 3.06. The lowest BCUT2D eigenvalue weighted by Crippen LogP contribution is -2.36. The van der Waals surface area contributed by atoms with Gasteiger partial charge in [0.2, 0.25) is 10.0 Å². The molecule has 0 unspecified atom stereocenters. The van der Waals surface area contributed by atoms with E-state index in [0.29, 0.717) is 19.0 Å². The first kappa shape index (κ1) is 16.0. The van der Waals surface area contributed by atoms with Crippen LogP contribution in [-0.2, 0) is 17.1 Å². The minimum absolute atomic E-state index is 0.00216. The zero-order chi connectivity index (χ0) is 15.7. The Morgan fingerprint density at radius 2 is 2.00 bits per heavy atom. The lowest BCUT2D eigenvalue weighted by atomic mass is 9.91. The van der Waals surface area contributed by atoms with Crippen LogP contribution in [-0.4, -0.2) is 47.2 Å². The summed E-state index contributed by atoms with van der Waals surface area (Å²) in [6, 6.07) is -0.170. The summed E-state index contributed by atoms with van der Waals surface area (Å²) >= 11 is 0. The summed E-state index contributed by atoms with van der Waals surface area (Å²) in [5.41, 5.74) is 7.08. The van der Waals surface area contributed by atoms with Crippen LogP contribution in [0.5, 0.6) is 0 Å². The fourth-order valence-corrected chi connectivity index (χ4v) is 5.64. The summed E-state index contributed by atoms with van der Waals surface area (Å²) in [5.74, 6) is 0.612. The van der Waals surface area contributed by atoms with E-state index in [1.807, 2.05) is 17.8 Å². The second kappa shape index (κ2) is 6.29. The molecule has 22 heavy (non-hydrogen) atoms. The van der Waals surface area contributed by atoms with Crippen molar-refractivity contribution < 1.29 is 8.42 Å². The van der Waals surface area contributed by atoms with Gasteiger partial charge in [-0.1, -0.05) is 19.3 Å². The van der Waals surface area contributed by atoms with Crippen molar-refractivity contribution >= 4 is 10.0 Å². The van der Waals surface area contributed by atoms with Crippen LogP contribution in [0.25, 0.3) is 0 Å². The van der Waals surface area contributed by atoms with Crippen molar-refractivity contribution in [3.05, 3.63) is 18.2 Å². The van der Waals surface area contributed by atoms with Crippen LogP contribution in [0, 0.1) is 5.92 Å². The first-order chi connectivity index (χ1) is 10.5. The van der Waals surface area contributed by atoms with E-state index in [2.05, 4.69) is 4.98 Å². The molecule has 6 nitrogen and oxygen atoms in total. The Bertz CT molecular complexity index is 607. The smallest absolute Gasteiger partial charge is 0.214 e. The molecule has 1 aromatic rings. The quantitative estimate of drug-likeness (QED) is 0.897. The maximum absolute atomic E-state index is 12.7.